The van der Waals surface area contributed by atoms with Crippen LogP contribution in [-0.2, 0) is 16.0 Å². The predicted octanol–water partition coefficient (Wildman–Crippen LogP) is 3.21. The zero-order valence-corrected chi connectivity index (χ0v) is 14.8. The molecule has 0 bridgehead atoms. The fraction of sp³-hybridized carbons (Fsp3) is 0.444. The normalized spacial score (nSPS) is 18.5. The van der Waals surface area contributed by atoms with Crippen molar-refractivity contribution in [3.8, 4) is 10.6 Å². The van der Waals surface area contributed by atoms with E-state index in [4.69, 9.17) is 9.47 Å². The van der Waals surface area contributed by atoms with E-state index in [-0.39, 0.29) is 5.97 Å². The number of hydrogen-bond acceptors (Lipinski definition) is 6. The molecule has 0 spiro atoms. The van der Waals surface area contributed by atoms with E-state index < -0.39 is 0 Å². The lowest BCUT2D eigenvalue weighted by Crippen LogP contribution is -2.42. The summed E-state index contributed by atoms with van der Waals surface area (Å²) in [5, 5.41) is 2.58. The van der Waals surface area contributed by atoms with Crippen LogP contribution in [0.4, 0.5) is 0 Å². The maximum Gasteiger partial charge on any atom is 0.357 e. The van der Waals surface area contributed by atoms with Gasteiger partial charge >= 0.3 is 5.97 Å². The van der Waals surface area contributed by atoms with Crippen LogP contribution in [0.15, 0.2) is 29.6 Å². The molecule has 128 valence electrons. The van der Waals surface area contributed by atoms with E-state index in [0.29, 0.717) is 18.3 Å². The summed E-state index contributed by atoms with van der Waals surface area (Å²) >= 11 is 1.46. The molecule has 5 nitrogen and oxygen atoms in total. The van der Waals surface area contributed by atoms with Gasteiger partial charge in [-0.1, -0.05) is 24.3 Å². The Morgan fingerprint density at radius 2 is 2.21 bits per heavy atom. The highest BCUT2D eigenvalue weighted by Gasteiger charge is 2.18. The van der Waals surface area contributed by atoms with Gasteiger partial charge < -0.3 is 9.47 Å². The Kier molecular flexibility index (Phi) is 5.60. The Labute approximate surface area is 146 Å². The number of carbonyl (C=O) groups is 1. The minimum atomic E-state index is -0.363. The fourth-order valence-corrected chi connectivity index (χ4v) is 3.48. The van der Waals surface area contributed by atoms with E-state index in [1.54, 1.807) is 12.3 Å². The van der Waals surface area contributed by atoms with Gasteiger partial charge in [-0.15, -0.1) is 11.3 Å². The Hall–Kier alpha value is -1.76. The Bertz CT molecular complexity index is 684. The van der Waals surface area contributed by atoms with Gasteiger partial charge in [0.2, 0.25) is 0 Å². The quantitative estimate of drug-likeness (QED) is 0.778. The Morgan fingerprint density at radius 3 is 2.92 bits per heavy atom. The Balaban J connectivity index is 1.67. The first-order chi connectivity index (χ1) is 11.7. The van der Waals surface area contributed by atoms with Gasteiger partial charge in [-0.05, 0) is 19.4 Å². The molecule has 1 aliphatic heterocycles. The molecule has 2 aromatic rings. The van der Waals surface area contributed by atoms with E-state index in [1.807, 2.05) is 0 Å². The summed E-state index contributed by atoms with van der Waals surface area (Å²) in [6.07, 6.45) is 0. The van der Waals surface area contributed by atoms with E-state index in [9.17, 15) is 4.79 Å². The van der Waals surface area contributed by atoms with Crippen LogP contribution in [0.5, 0.6) is 0 Å². The van der Waals surface area contributed by atoms with E-state index in [2.05, 4.69) is 41.1 Å². The van der Waals surface area contributed by atoms with Crippen molar-refractivity contribution in [2.45, 2.75) is 26.4 Å². The second-order valence-corrected chi connectivity index (χ2v) is 6.71. The van der Waals surface area contributed by atoms with Gasteiger partial charge in [-0.2, -0.15) is 0 Å². The van der Waals surface area contributed by atoms with Gasteiger partial charge in [0.05, 0.1) is 19.8 Å². The standard InChI is InChI=1S/C18H22N2O3S/c1-3-23-18(21)16-12-24-17(19-16)15-6-4-14(5-7-15)10-20-8-9-22-11-13(20)2/h4-7,12-13H,3,8-11H2,1-2H3/t13-/m1/s1. The third kappa shape index (κ3) is 4.01. The van der Waals surface area contributed by atoms with Crippen LogP contribution in [0, 0.1) is 0 Å². The molecule has 0 unspecified atom stereocenters. The molecule has 6 heteroatoms. The summed E-state index contributed by atoms with van der Waals surface area (Å²) < 4.78 is 10.5. The van der Waals surface area contributed by atoms with Gasteiger partial charge in [-0.3, -0.25) is 4.90 Å². The van der Waals surface area contributed by atoms with Crippen molar-refractivity contribution in [1.29, 1.82) is 0 Å². The molecule has 2 heterocycles. The molecule has 0 N–H and O–H groups in total. The number of carbonyl (C=O) groups excluding carboxylic acids is 1. The van der Waals surface area contributed by atoms with Gasteiger partial charge in [0.15, 0.2) is 5.69 Å². The second kappa shape index (κ2) is 7.88. The zero-order valence-electron chi connectivity index (χ0n) is 14.0. The number of nitrogens with zero attached hydrogens (tertiary/aromatic N) is 2. The van der Waals surface area contributed by atoms with Crippen molar-refractivity contribution in [1.82, 2.24) is 9.88 Å². The highest BCUT2D eigenvalue weighted by molar-refractivity contribution is 7.13. The molecule has 24 heavy (non-hydrogen) atoms. The number of hydrogen-bond donors (Lipinski definition) is 0. The first-order valence-electron chi connectivity index (χ1n) is 8.21. The third-order valence-electron chi connectivity index (χ3n) is 4.08. The van der Waals surface area contributed by atoms with E-state index in [1.165, 1.54) is 16.9 Å². The molecule has 1 atom stereocenters. The minimum Gasteiger partial charge on any atom is -0.461 e. The molecule has 1 aromatic heterocycles. The summed E-state index contributed by atoms with van der Waals surface area (Å²) in [5.41, 5.74) is 2.67. The van der Waals surface area contributed by atoms with Crippen LogP contribution in [-0.4, -0.2) is 48.3 Å². The first kappa shape index (κ1) is 17.1. The number of ether oxygens (including phenoxy) is 2. The fourth-order valence-electron chi connectivity index (χ4n) is 2.69. The van der Waals surface area contributed by atoms with Crippen LogP contribution < -0.4 is 0 Å². The maximum atomic E-state index is 11.7. The van der Waals surface area contributed by atoms with Crippen LogP contribution in [0.3, 0.4) is 0 Å². The number of thiazole rings is 1. The van der Waals surface area contributed by atoms with Crippen LogP contribution in [0.25, 0.3) is 10.6 Å². The van der Waals surface area contributed by atoms with Crippen LogP contribution >= 0.6 is 11.3 Å². The molecule has 0 amide bonds. The minimum absolute atomic E-state index is 0.361. The lowest BCUT2D eigenvalue weighted by Gasteiger charge is -2.33. The largest absolute Gasteiger partial charge is 0.461 e. The highest BCUT2D eigenvalue weighted by atomic mass is 32.1. The number of morpholine rings is 1. The predicted molar refractivity (Wildman–Crippen MR) is 94.2 cm³/mol. The lowest BCUT2D eigenvalue weighted by atomic mass is 10.1. The summed E-state index contributed by atoms with van der Waals surface area (Å²) in [6.45, 7) is 7.85. The van der Waals surface area contributed by atoms with Crippen molar-refractivity contribution < 1.29 is 14.3 Å². The number of esters is 1. The van der Waals surface area contributed by atoms with Crippen molar-refractivity contribution in [3.05, 3.63) is 40.9 Å². The molecule has 0 aliphatic carbocycles. The van der Waals surface area contributed by atoms with Gasteiger partial charge in [0, 0.05) is 30.1 Å². The average molecular weight is 346 g/mol. The van der Waals surface area contributed by atoms with E-state index >= 15 is 0 Å². The van der Waals surface area contributed by atoms with Crippen molar-refractivity contribution in [3.63, 3.8) is 0 Å². The van der Waals surface area contributed by atoms with Crippen molar-refractivity contribution in [2.24, 2.45) is 0 Å². The molecular weight excluding hydrogens is 324 g/mol. The molecule has 1 fully saturated rings. The first-order valence-corrected chi connectivity index (χ1v) is 9.09. The number of aromatic nitrogens is 1. The monoisotopic (exact) mass is 346 g/mol. The molecule has 0 saturated carbocycles. The highest BCUT2D eigenvalue weighted by Crippen LogP contribution is 2.25. The second-order valence-electron chi connectivity index (χ2n) is 5.85. The van der Waals surface area contributed by atoms with Crippen molar-refractivity contribution in [2.75, 3.05) is 26.4 Å². The molecule has 1 saturated heterocycles. The van der Waals surface area contributed by atoms with Crippen LogP contribution in [0.2, 0.25) is 0 Å². The average Bonchev–Trinajstić information content (AvgIpc) is 3.08. The summed E-state index contributed by atoms with van der Waals surface area (Å²) in [4.78, 5) is 18.5. The molecule has 3 rings (SSSR count). The molecule has 0 radical (unpaired) electrons. The lowest BCUT2D eigenvalue weighted by molar-refractivity contribution is -0.00436. The number of rotatable bonds is 5. The summed E-state index contributed by atoms with van der Waals surface area (Å²) in [5.74, 6) is -0.363. The number of benzene rings is 1. The zero-order chi connectivity index (χ0) is 16.9. The molecular formula is C18H22N2O3S. The van der Waals surface area contributed by atoms with Gasteiger partial charge in [0.25, 0.3) is 0 Å². The Morgan fingerprint density at radius 1 is 1.42 bits per heavy atom. The summed E-state index contributed by atoms with van der Waals surface area (Å²) in [6, 6.07) is 8.83. The molecule has 1 aromatic carbocycles. The van der Waals surface area contributed by atoms with Gasteiger partial charge in [0.1, 0.15) is 5.01 Å². The third-order valence-corrected chi connectivity index (χ3v) is 4.97. The molecule has 1 aliphatic rings. The maximum absolute atomic E-state index is 11.7. The smallest absolute Gasteiger partial charge is 0.357 e. The van der Waals surface area contributed by atoms with E-state index in [0.717, 1.165) is 36.9 Å². The van der Waals surface area contributed by atoms with Gasteiger partial charge in [-0.25, -0.2) is 9.78 Å². The van der Waals surface area contributed by atoms with Crippen molar-refractivity contribution >= 4 is 17.3 Å². The van der Waals surface area contributed by atoms with Crippen LogP contribution in [0.1, 0.15) is 29.9 Å². The topological polar surface area (TPSA) is 51.7 Å². The SMILES string of the molecule is CCOC(=O)c1csc(-c2ccc(CN3CCOC[C@H]3C)cc2)n1. The summed E-state index contributed by atoms with van der Waals surface area (Å²) in [7, 11) is 0.